The fourth-order valence-corrected chi connectivity index (χ4v) is 1.86. The molecule has 3 nitrogen and oxygen atoms in total. The van der Waals surface area contributed by atoms with Gasteiger partial charge in [0.05, 0.1) is 18.5 Å². The normalized spacial score (nSPS) is 10.5. The third-order valence-electron chi connectivity index (χ3n) is 2.78. The van der Waals surface area contributed by atoms with Gasteiger partial charge in [0.15, 0.2) is 5.82 Å². The standard InChI is InChI=1S/C15H12N2O/c1-18-12-8-5-9-13-14(10-12)17-15(16-13)11-6-3-2-4-7-11/h2-10H,1H3. The van der Waals surface area contributed by atoms with Gasteiger partial charge in [-0.1, -0.05) is 36.4 Å². The molecule has 1 aromatic rings. The van der Waals surface area contributed by atoms with Crippen molar-refractivity contribution >= 4 is 0 Å². The van der Waals surface area contributed by atoms with E-state index in [4.69, 9.17) is 4.74 Å². The number of hydrogen-bond donors (Lipinski definition) is 0. The van der Waals surface area contributed by atoms with Gasteiger partial charge in [-0.3, -0.25) is 0 Å². The summed E-state index contributed by atoms with van der Waals surface area (Å²) in [5.41, 5.74) is 2.74. The Hall–Kier alpha value is -2.42. The molecule has 0 fully saturated rings. The van der Waals surface area contributed by atoms with Crippen LogP contribution in [0.3, 0.4) is 0 Å². The van der Waals surface area contributed by atoms with Gasteiger partial charge >= 0.3 is 0 Å². The van der Waals surface area contributed by atoms with E-state index in [0.717, 1.165) is 28.5 Å². The Morgan fingerprint density at radius 1 is 0.833 bits per heavy atom. The van der Waals surface area contributed by atoms with Crippen LogP contribution < -0.4 is 4.74 Å². The number of methoxy groups -OCH3 is 1. The molecule has 1 heterocycles. The van der Waals surface area contributed by atoms with E-state index in [2.05, 4.69) is 9.97 Å². The number of fused-ring (bicyclic) bond motifs is 1. The van der Waals surface area contributed by atoms with Gasteiger partial charge < -0.3 is 4.74 Å². The zero-order chi connectivity index (χ0) is 12.4. The van der Waals surface area contributed by atoms with Crippen LogP contribution in [0.15, 0.2) is 54.6 Å². The monoisotopic (exact) mass is 236 g/mol. The Balaban J connectivity index is 2.14. The van der Waals surface area contributed by atoms with E-state index in [1.807, 2.05) is 54.6 Å². The summed E-state index contributed by atoms with van der Waals surface area (Å²) in [6, 6.07) is 17.6. The third kappa shape index (κ3) is 1.91. The summed E-state index contributed by atoms with van der Waals surface area (Å²) < 4.78 is 5.23. The number of imidazole rings is 1. The van der Waals surface area contributed by atoms with Gasteiger partial charge in [-0.2, -0.15) is 0 Å². The molecule has 1 aliphatic heterocycles. The number of aromatic nitrogens is 2. The molecule has 3 rings (SSSR count). The minimum absolute atomic E-state index is 0.749. The maximum atomic E-state index is 5.23. The number of benzene rings is 1. The van der Waals surface area contributed by atoms with E-state index >= 15 is 0 Å². The molecule has 0 amide bonds. The largest absolute Gasteiger partial charge is 0.497 e. The molecule has 18 heavy (non-hydrogen) atoms. The van der Waals surface area contributed by atoms with Crippen LogP contribution in [0.2, 0.25) is 0 Å². The quantitative estimate of drug-likeness (QED) is 0.685. The molecule has 0 saturated carbocycles. The molecule has 0 radical (unpaired) electrons. The first-order chi connectivity index (χ1) is 8.86. The fraction of sp³-hybridized carbons (Fsp3) is 0.0667. The highest BCUT2D eigenvalue weighted by Crippen LogP contribution is 2.26. The van der Waals surface area contributed by atoms with Gasteiger partial charge in [0.1, 0.15) is 5.75 Å². The second kappa shape index (κ2) is 4.45. The lowest BCUT2D eigenvalue weighted by Crippen LogP contribution is -1.80. The molecular weight excluding hydrogens is 224 g/mol. The predicted molar refractivity (Wildman–Crippen MR) is 70.6 cm³/mol. The summed E-state index contributed by atoms with van der Waals surface area (Å²) in [5, 5.41) is 0. The molecule has 1 aromatic carbocycles. The Bertz CT molecular complexity index is 637. The lowest BCUT2D eigenvalue weighted by molar-refractivity contribution is 0.415. The van der Waals surface area contributed by atoms with Crippen molar-refractivity contribution in [2.24, 2.45) is 0 Å². The Morgan fingerprint density at radius 2 is 1.61 bits per heavy atom. The van der Waals surface area contributed by atoms with Crippen LogP contribution in [0, 0.1) is 0 Å². The summed E-state index contributed by atoms with van der Waals surface area (Å²) in [4.78, 5) is 9.07. The minimum atomic E-state index is 0.749. The van der Waals surface area contributed by atoms with Crippen molar-refractivity contribution in [2.45, 2.75) is 0 Å². The topological polar surface area (TPSA) is 35.0 Å². The van der Waals surface area contributed by atoms with Crippen molar-refractivity contribution in [1.29, 1.82) is 0 Å². The predicted octanol–water partition coefficient (Wildman–Crippen LogP) is 3.26. The van der Waals surface area contributed by atoms with E-state index in [0.29, 0.717) is 0 Å². The first kappa shape index (κ1) is 10.7. The van der Waals surface area contributed by atoms with E-state index in [1.54, 1.807) is 7.11 Å². The minimum Gasteiger partial charge on any atom is -0.497 e. The van der Waals surface area contributed by atoms with Gasteiger partial charge in [0, 0.05) is 11.6 Å². The van der Waals surface area contributed by atoms with Crippen molar-refractivity contribution in [3.63, 3.8) is 0 Å². The molecule has 0 atom stereocenters. The number of ether oxygens (including phenoxy) is 1. The lowest BCUT2D eigenvalue weighted by Gasteiger charge is -1.93. The van der Waals surface area contributed by atoms with Crippen LogP contribution in [0.25, 0.3) is 22.8 Å². The van der Waals surface area contributed by atoms with Crippen LogP contribution in [-0.2, 0) is 0 Å². The highest BCUT2D eigenvalue weighted by molar-refractivity contribution is 5.66. The van der Waals surface area contributed by atoms with Crippen LogP contribution in [0.5, 0.6) is 5.75 Å². The highest BCUT2D eigenvalue weighted by Gasteiger charge is 2.11. The van der Waals surface area contributed by atoms with Crippen molar-refractivity contribution in [3.05, 3.63) is 54.6 Å². The van der Waals surface area contributed by atoms with E-state index in [9.17, 15) is 0 Å². The SMILES string of the molecule is COc1cccc2nc(-c3ccccc3)nc-2c1. The number of hydrogen-bond acceptors (Lipinski definition) is 3. The molecular formula is C15H12N2O. The van der Waals surface area contributed by atoms with Crippen LogP contribution >= 0.6 is 0 Å². The molecule has 1 aliphatic carbocycles. The molecule has 0 unspecified atom stereocenters. The summed E-state index contributed by atoms with van der Waals surface area (Å²) in [6.07, 6.45) is 0. The zero-order valence-electron chi connectivity index (χ0n) is 10.00. The molecule has 0 N–H and O–H groups in total. The molecule has 88 valence electrons. The molecule has 0 aromatic heterocycles. The molecule has 3 heteroatoms. The second-order valence-electron chi connectivity index (χ2n) is 3.96. The third-order valence-corrected chi connectivity index (χ3v) is 2.78. The van der Waals surface area contributed by atoms with Crippen molar-refractivity contribution < 1.29 is 4.74 Å². The maximum Gasteiger partial charge on any atom is 0.160 e. The van der Waals surface area contributed by atoms with E-state index < -0.39 is 0 Å². The second-order valence-corrected chi connectivity index (χ2v) is 3.96. The summed E-state index contributed by atoms with van der Waals surface area (Å²) in [5.74, 6) is 1.53. The highest BCUT2D eigenvalue weighted by atomic mass is 16.5. The summed E-state index contributed by atoms with van der Waals surface area (Å²) >= 11 is 0. The molecule has 2 aliphatic rings. The first-order valence-electron chi connectivity index (χ1n) is 5.74. The Labute approximate surface area is 105 Å². The average Bonchev–Trinajstić information content (AvgIpc) is 2.72. The van der Waals surface area contributed by atoms with Gasteiger partial charge in [0.2, 0.25) is 0 Å². The Morgan fingerprint density at radius 3 is 2.39 bits per heavy atom. The fourth-order valence-electron chi connectivity index (χ4n) is 1.86. The van der Waals surface area contributed by atoms with E-state index in [-0.39, 0.29) is 0 Å². The summed E-state index contributed by atoms with van der Waals surface area (Å²) in [7, 11) is 1.65. The zero-order valence-corrected chi connectivity index (χ0v) is 10.00. The molecule has 0 bridgehead atoms. The van der Waals surface area contributed by atoms with Gasteiger partial charge in [-0.15, -0.1) is 0 Å². The molecule has 0 spiro atoms. The maximum absolute atomic E-state index is 5.23. The van der Waals surface area contributed by atoms with Crippen molar-refractivity contribution in [3.8, 4) is 28.5 Å². The van der Waals surface area contributed by atoms with Crippen LogP contribution in [0.4, 0.5) is 0 Å². The van der Waals surface area contributed by atoms with Crippen molar-refractivity contribution in [1.82, 2.24) is 9.97 Å². The number of nitrogens with zero attached hydrogens (tertiary/aromatic N) is 2. The first-order valence-corrected chi connectivity index (χ1v) is 5.74. The van der Waals surface area contributed by atoms with Crippen LogP contribution in [-0.4, -0.2) is 17.1 Å². The smallest absolute Gasteiger partial charge is 0.160 e. The number of rotatable bonds is 2. The average molecular weight is 236 g/mol. The van der Waals surface area contributed by atoms with Gasteiger partial charge in [-0.25, -0.2) is 9.97 Å². The van der Waals surface area contributed by atoms with Crippen molar-refractivity contribution in [2.75, 3.05) is 7.11 Å². The summed E-state index contributed by atoms with van der Waals surface area (Å²) in [6.45, 7) is 0. The Kier molecular flexibility index (Phi) is 2.65. The molecule has 0 saturated heterocycles. The van der Waals surface area contributed by atoms with Gasteiger partial charge in [-0.05, 0) is 12.1 Å². The van der Waals surface area contributed by atoms with E-state index in [1.165, 1.54) is 0 Å². The van der Waals surface area contributed by atoms with Crippen LogP contribution in [0.1, 0.15) is 0 Å². The van der Waals surface area contributed by atoms with Gasteiger partial charge in [0.25, 0.3) is 0 Å². The lowest BCUT2D eigenvalue weighted by atomic mass is 10.2.